The van der Waals surface area contributed by atoms with Crippen LogP contribution in [-0.4, -0.2) is 42.1 Å². The van der Waals surface area contributed by atoms with Crippen molar-refractivity contribution in [1.29, 1.82) is 0 Å². The van der Waals surface area contributed by atoms with Gasteiger partial charge in [-0.2, -0.15) is 0 Å². The van der Waals surface area contributed by atoms with Crippen LogP contribution >= 0.6 is 0 Å². The molecule has 0 radical (unpaired) electrons. The van der Waals surface area contributed by atoms with Gasteiger partial charge in [-0.1, -0.05) is 24.3 Å². The van der Waals surface area contributed by atoms with Crippen LogP contribution in [0.4, 0.5) is 4.79 Å². The Morgan fingerprint density at radius 1 is 1.29 bits per heavy atom. The first-order valence-electron chi connectivity index (χ1n) is 8.54. The summed E-state index contributed by atoms with van der Waals surface area (Å²) < 4.78 is 5.23. The number of ether oxygens (including phenoxy) is 1. The van der Waals surface area contributed by atoms with Crippen LogP contribution in [0, 0.1) is 12.8 Å². The van der Waals surface area contributed by atoms with Crippen molar-refractivity contribution in [2.24, 2.45) is 5.92 Å². The quantitative estimate of drug-likeness (QED) is 0.922. The highest BCUT2D eigenvalue weighted by molar-refractivity contribution is 5.79. The number of benzene rings is 1. The van der Waals surface area contributed by atoms with E-state index in [1.165, 1.54) is 0 Å². The van der Waals surface area contributed by atoms with E-state index in [0.29, 0.717) is 25.4 Å². The Hall–Kier alpha value is -2.04. The van der Waals surface area contributed by atoms with Gasteiger partial charge in [0.05, 0.1) is 6.42 Å². The summed E-state index contributed by atoms with van der Waals surface area (Å²) in [7, 11) is 0. The van der Waals surface area contributed by atoms with Crippen LogP contribution in [0.1, 0.15) is 38.3 Å². The molecule has 1 aliphatic heterocycles. The minimum Gasteiger partial charge on any atom is -0.444 e. The third kappa shape index (κ3) is 5.55. The fourth-order valence-corrected chi connectivity index (χ4v) is 2.85. The fourth-order valence-electron chi connectivity index (χ4n) is 2.85. The molecule has 132 valence electrons. The van der Waals surface area contributed by atoms with Gasteiger partial charge < -0.3 is 15.0 Å². The molecule has 0 spiro atoms. The van der Waals surface area contributed by atoms with Crippen molar-refractivity contribution in [2.45, 2.75) is 46.1 Å². The summed E-state index contributed by atoms with van der Waals surface area (Å²) >= 11 is 0. The van der Waals surface area contributed by atoms with E-state index in [1.807, 2.05) is 56.9 Å². The fraction of sp³-hybridized carbons (Fsp3) is 0.579. The van der Waals surface area contributed by atoms with Crippen LogP contribution in [0.2, 0.25) is 0 Å². The highest BCUT2D eigenvalue weighted by atomic mass is 16.6. The van der Waals surface area contributed by atoms with Gasteiger partial charge >= 0.3 is 6.09 Å². The van der Waals surface area contributed by atoms with E-state index in [0.717, 1.165) is 24.1 Å². The summed E-state index contributed by atoms with van der Waals surface area (Å²) in [5.74, 6) is 0.447. The number of carbonyl (C=O) groups is 2. The summed E-state index contributed by atoms with van der Waals surface area (Å²) in [5, 5.41) is 2.80. The molecular weight excluding hydrogens is 304 g/mol. The number of hydrogen-bond donors (Lipinski definition) is 1. The van der Waals surface area contributed by atoms with E-state index >= 15 is 0 Å². The lowest BCUT2D eigenvalue weighted by Gasteiger charge is -2.21. The lowest BCUT2D eigenvalue weighted by Crippen LogP contribution is -2.36. The Kier molecular flexibility index (Phi) is 5.86. The Balaban J connectivity index is 1.77. The van der Waals surface area contributed by atoms with Crippen LogP contribution in [0.25, 0.3) is 0 Å². The molecule has 2 amide bonds. The highest BCUT2D eigenvalue weighted by Crippen LogP contribution is 2.18. The van der Waals surface area contributed by atoms with Crippen molar-refractivity contribution >= 4 is 12.0 Å². The molecule has 1 aromatic rings. The SMILES string of the molecule is Cc1ccccc1CC(=O)N1CC[C@H](CNC(=O)OC(C)(C)C)C1. The Morgan fingerprint density at radius 2 is 2.00 bits per heavy atom. The van der Waals surface area contributed by atoms with Gasteiger partial charge in [0, 0.05) is 19.6 Å². The zero-order valence-electron chi connectivity index (χ0n) is 15.1. The van der Waals surface area contributed by atoms with Crippen LogP contribution < -0.4 is 5.32 Å². The lowest BCUT2D eigenvalue weighted by molar-refractivity contribution is -0.129. The van der Waals surface area contributed by atoms with Crippen molar-refractivity contribution in [3.8, 4) is 0 Å². The first-order chi connectivity index (χ1) is 11.2. The second-order valence-corrected chi connectivity index (χ2v) is 7.48. The van der Waals surface area contributed by atoms with E-state index in [1.54, 1.807) is 0 Å². The molecule has 2 rings (SSSR count). The number of nitrogens with one attached hydrogen (secondary N) is 1. The van der Waals surface area contributed by atoms with Crippen molar-refractivity contribution < 1.29 is 14.3 Å². The molecule has 0 aromatic heterocycles. The normalized spacial score (nSPS) is 17.7. The largest absolute Gasteiger partial charge is 0.444 e. The van der Waals surface area contributed by atoms with Gasteiger partial charge in [0.2, 0.25) is 5.91 Å². The maximum atomic E-state index is 12.5. The summed E-state index contributed by atoms with van der Waals surface area (Å²) in [6.07, 6.45) is 0.959. The Bertz CT molecular complexity index is 593. The van der Waals surface area contributed by atoms with Crippen LogP contribution in [0.5, 0.6) is 0 Å². The van der Waals surface area contributed by atoms with Crippen molar-refractivity contribution in [2.75, 3.05) is 19.6 Å². The van der Waals surface area contributed by atoms with Crippen molar-refractivity contribution in [3.63, 3.8) is 0 Å². The minimum atomic E-state index is -0.491. The molecule has 1 heterocycles. The van der Waals surface area contributed by atoms with Crippen LogP contribution in [0.3, 0.4) is 0 Å². The molecule has 1 saturated heterocycles. The maximum Gasteiger partial charge on any atom is 0.407 e. The van der Waals surface area contributed by atoms with Crippen LogP contribution in [0.15, 0.2) is 24.3 Å². The Morgan fingerprint density at radius 3 is 2.67 bits per heavy atom. The van der Waals surface area contributed by atoms with Gasteiger partial charge in [0.1, 0.15) is 5.60 Å². The first-order valence-corrected chi connectivity index (χ1v) is 8.54. The predicted octanol–water partition coefficient (Wildman–Crippen LogP) is 2.91. The smallest absolute Gasteiger partial charge is 0.407 e. The zero-order chi connectivity index (χ0) is 17.7. The first kappa shape index (κ1) is 18.3. The topological polar surface area (TPSA) is 58.6 Å². The van der Waals surface area contributed by atoms with Crippen LogP contribution in [-0.2, 0) is 16.0 Å². The van der Waals surface area contributed by atoms with Gasteiger partial charge in [-0.25, -0.2) is 4.79 Å². The third-order valence-electron chi connectivity index (χ3n) is 4.18. The molecule has 1 N–H and O–H groups in total. The number of rotatable bonds is 4. The third-order valence-corrected chi connectivity index (χ3v) is 4.18. The molecular formula is C19H28N2O3. The van der Waals surface area contributed by atoms with Crippen molar-refractivity contribution in [1.82, 2.24) is 10.2 Å². The molecule has 5 heteroatoms. The number of nitrogens with zero attached hydrogens (tertiary/aromatic N) is 1. The molecule has 5 nitrogen and oxygen atoms in total. The molecule has 1 aliphatic rings. The number of aryl methyl sites for hydroxylation is 1. The summed E-state index contributed by atoms with van der Waals surface area (Å²) in [6, 6.07) is 7.98. The number of hydrogen-bond acceptors (Lipinski definition) is 3. The van der Waals surface area contributed by atoms with E-state index in [-0.39, 0.29) is 5.91 Å². The Labute approximate surface area is 144 Å². The highest BCUT2D eigenvalue weighted by Gasteiger charge is 2.27. The average molecular weight is 332 g/mol. The minimum absolute atomic E-state index is 0.157. The molecule has 0 aliphatic carbocycles. The van der Waals surface area contributed by atoms with Gasteiger partial charge in [-0.15, -0.1) is 0 Å². The number of carbonyl (C=O) groups excluding carboxylic acids is 2. The molecule has 1 atom stereocenters. The van der Waals surface area contributed by atoms with Gasteiger partial charge in [-0.3, -0.25) is 4.79 Å². The van der Waals surface area contributed by atoms with Gasteiger partial charge in [0.25, 0.3) is 0 Å². The van der Waals surface area contributed by atoms with E-state index in [4.69, 9.17) is 4.74 Å². The average Bonchev–Trinajstić information content (AvgIpc) is 2.95. The molecule has 0 bridgehead atoms. The summed E-state index contributed by atoms with van der Waals surface area (Å²) in [5.41, 5.74) is 1.74. The number of likely N-dealkylation sites (tertiary alicyclic amines) is 1. The summed E-state index contributed by atoms with van der Waals surface area (Å²) in [4.78, 5) is 26.0. The lowest BCUT2D eigenvalue weighted by atomic mass is 10.1. The second kappa shape index (κ2) is 7.69. The number of alkyl carbamates (subject to hydrolysis) is 1. The van der Waals surface area contributed by atoms with E-state index in [2.05, 4.69) is 5.32 Å². The van der Waals surface area contributed by atoms with E-state index < -0.39 is 11.7 Å². The molecule has 0 unspecified atom stereocenters. The van der Waals surface area contributed by atoms with Gasteiger partial charge in [-0.05, 0) is 51.2 Å². The standard InChI is InChI=1S/C19H28N2O3/c1-14-7-5-6-8-16(14)11-17(22)21-10-9-15(13-21)12-20-18(23)24-19(2,3)4/h5-8,15H,9-13H2,1-4H3,(H,20,23)/t15-/m1/s1. The second-order valence-electron chi connectivity index (χ2n) is 7.48. The molecule has 1 aromatic carbocycles. The summed E-state index contributed by atoms with van der Waals surface area (Å²) in [6.45, 7) is 9.55. The van der Waals surface area contributed by atoms with Crippen molar-refractivity contribution in [3.05, 3.63) is 35.4 Å². The predicted molar refractivity (Wildman–Crippen MR) is 93.8 cm³/mol. The number of amides is 2. The van der Waals surface area contributed by atoms with E-state index in [9.17, 15) is 9.59 Å². The molecule has 1 fully saturated rings. The van der Waals surface area contributed by atoms with Gasteiger partial charge in [0.15, 0.2) is 0 Å². The zero-order valence-corrected chi connectivity index (χ0v) is 15.1. The molecule has 24 heavy (non-hydrogen) atoms. The maximum absolute atomic E-state index is 12.5. The monoisotopic (exact) mass is 332 g/mol. The molecule has 0 saturated carbocycles.